The van der Waals surface area contributed by atoms with Gasteiger partial charge in [-0.1, -0.05) is 75.2 Å². The molecule has 17 atom stereocenters. The number of allylic oxidation sites excluding steroid dienone is 3. The molecular weight excluding hydrogens is 1050 g/mol. The Hall–Kier alpha value is -5.02. The molecule has 8 aliphatic carbocycles. The number of anilines is 1. The lowest BCUT2D eigenvalue weighted by molar-refractivity contribution is -0.307. The van der Waals surface area contributed by atoms with Crippen LogP contribution in [0.2, 0.25) is 0 Å². The van der Waals surface area contributed by atoms with Gasteiger partial charge in [0.1, 0.15) is 11.7 Å². The highest BCUT2D eigenvalue weighted by atomic mass is 16.6. The van der Waals surface area contributed by atoms with Crippen molar-refractivity contribution in [2.45, 2.75) is 184 Å². The summed E-state index contributed by atoms with van der Waals surface area (Å²) in [7, 11) is 5.34. The van der Waals surface area contributed by atoms with Crippen molar-refractivity contribution >= 4 is 17.4 Å². The number of benzene rings is 2. The number of aromatic hydroxyl groups is 1. The van der Waals surface area contributed by atoms with Crippen LogP contribution in [0.25, 0.3) is 0 Å². The second-order valence-electron chi connectivity index (χ2n) is 28.7. The van der Waals surface area contributed by atoms with Gasteiger partial charge < -0.3 is 50.0 Å². The molecule has 3 heterocycles. The molecule has 13 heteroatoms. The predicted octanol–water partition coefficient (Wildman–Crippen LogP) is 11.1. The highest BCUT2D eigenvalue weighted by Crippen LogP contribution is 2.74. The third-order valence-electron chi connectivity index (χ3n) is 24.8. The minimum absolute atomic E-state index is 0.00608. The number of nitrogens with zero attached hydrogens (tertiary/aromatic N) is 1. The van der Waals surface area contributed by atoms with E-state index in [4.69, 9.17) is 23.9 Å². The predicted molar refractivity (Wildman–Crippen MR) is 325 cm³/mol. The first-order valence-corrected chi connectivity index (χ1v) is 32.8. The number of aliphatic imine (C=N–C) groups is 1. The van der Waals surface area contributed by atoms with Crippen LogP contribution in [0.15, 0.2) is 59.6 Å². The second kappa shape index (κ2) is 22.9. The van der Waals surface area contributed by atoms with Gasteiger partial charge in [-0.05, 0) is 210 Å². The van der Waals surface area contributed by atoms with Crippen molar-refractivity contribution in [1.29, 1.82) is 0 Å². The van der Waals surface area contributed by atoms with Crippen LogP contribution >= 0.6 is 0 Å². The number of hydrogen-bond acceptors (Lipinski definition) is 11. The van der Waals surface area contributed by atoms with Crippen molar-refractivity contribution in [2.24, 2.45) is 86.3 Å². The third kappa shape index (κ3) is 9.71. The summed E-state index contributed by atoms with van der Waals surface area (Å²) in [5, 5.41) is 55.6. The molecule has 11 aliphatic rings. The lowest BCUT2D eigenvalue weighted by Crippen LogP contribution is -2.58. The molecule has 84 heavy (non-hydrogen) atoms. The van der Waals surface area contributed by atoms with Gasteiger partial charge in [0.05, 0.1) is 18.9 Å². The highest BCUT2D eigenvalue weighted by molar-refractivity contribution is 5.97. The van der Waals surface area contributed by atoms with E-state index in [1.54, 1.807) is 20.2 Å². The summed E-state index contributed by atoms with van der Waals surface area (Å²) >= 11 is 0. The quantitative estimate of drug-likeness (QED) is 0.0884. The molecular formula is C71H94N4O9. The maximum atomic E-state index is 16.1. The van der Waals surface area contributed by atoms with Gasteiger partial charge in [-0.15, -0.1) is 0 Å². The van der Waals surface area contributed by atoms with Crippen LogP contribution in [0.3, 0.4) is 0 Å². The monoisotopic (exact) mass is 1150 g/mol. The van der Waals surface area contributed by atoms with Crippen molar-refractivity contribution in [1.82, 2.24) is 10.6 Å². The van der Waals surface area contributed by atoms with Gasteiger partial charge in [-0.25, -0.2) is 0 Å². The lowest BCUT2D eigenvalue weighted by Gasteiger charge is -2.62. The van der Waals surface area contributed by atoms with Gasteiger partial charge in [0.15, 0.2) is 28.8 Å². The first kappa shape index (κ1) is 58.0. The molecule has 1 saturated heterocycles. The topological polar surface area (TPSA) is 183 Å². The molecule has 8 fully saturated rings. The van der Waals surface area contributed by atoms with E-state index in [2.05, 4.69) is 83.3 Å². The van der Waals surface area contributed by atoms with Crippen LogP contribution < -0.4 is 30.2 Å². The first-order chi connectivity index (χ1) is 40.8. The fraction of sp³-hybridized carbons (Fsp3) is 0.690. The number of guanidine groups is 1. The van der Waals surface area contributed by atoms with Crippen LogP contribution in [0.1, 0.15) is 166 Å². The molecule has 452 valence electrons. The van der Waals surface area contributed by atoms with E-state index in [1.165, 1.54) is 37.7 Å². The van der Waals surface area contributed by atoms with E-state index >= 15 is 4.79 Å². The minimum atomic E-state index is -1.38. The maximum absolute atomic E-state index is 16.1. The standard InChI is InChI=1S/C71H94N4O9/c1-5-45-16-20-53-54(15-10-32-76)64-66(25-6-7-26-66)29-30-70(64)52-37-57(75-65(73-3)74-31-9-13-49-12-8-27-69(49,61(79)23-21-56(70)55(53)34-45)39-46-17-22-58(78)59(35-46)81-4)63-60(38-52)83-68(44-72-2)40-51(14-11-33-82-63)67(42-68)28-24-50-36-47-18-19-48(41-77)62(47)84-71(50,80)43-67/h17,21-24,28,35,37-38,45,47-51,53-56,62,64,72,76-78,80H,5-8,10,12-16,18-20,25-27,29-30,32,34,36,39-44H2,1-4H3,(H2,73,74,75)/b23-21+/t45-,47-,48-,49-,50+,51+,53-,54+,55+,56-,62+,64-,67+,68-,69-,70+,71-/m1/s1. The van der Waals surface area contributed by atoms with E-state index in [0.29, 0.717) is 104 Å². The number of rotatable bonds is 10. The molecule has 13 rings (SSSR count). The number of phenols is 1. The largest absolute Gasteiger partial charge is 0.504 e. The average Bonchev–Trinajstić information content (AvgIpc) is 1.84. The van der Waals surface area contributed by atoms with E-state index in [9.17, 15) is 20.4 Å². The number of aliphatic hydroxyl groups excluding tert-OH is 2. The molecule has 0 aromatic heterocycles. The Morgan fingerprint density at radius 3 is 2.58 bits per heavy atom. The Morgan fingerprint density at radius 1 is 0.929 bits per heavy atom. The molecule has 0 radical (unpaired) electrons. The second-order valence-corrected chi connectivity index (χ2v) is 28.7. The van der Waals surface area contributed by atoms with Gasteiger partial charge in [0, 0.05) is 80.2 Å². The van der Waals surface area contributed by atoms with Gasteiger partial charge in [-0.2, -0.15) is 0 Å². The summed E-state index contributed by atoms with van der Waals surface area (Å²) in [6, 6.07) is 13.5. The van der Waals surface area contributed by atoms with Gasteiger partial charge in [-0.3, -0.25) is 15.1 Å². The number of hydrogen-bond donors (Lipinski definition) is 7. The molecule has 3 aliphatic heterocycles. The average molecular weight is 1150 g/mol. The van der Waals surface area contributed by atoms with Crippen LogP contribution in [0.5, 0.6) is 23.0 Å². The summed E-state index contributed by atoms with van der Waals surface area (Å²) in [5.41, 5.74) is 0.543. The maximum Gasteiger partial charge on any atom is 0.207 e. The number of carbonyl (C=O) groups excluding carboxylic acids is 1. The Morgan fingerprint density at radius 2 is 1.79 bits per heavy atom. The molecule has 0 unspecified atom stereocenters. The van der Waals surface area contributed by atoms with E-state index in [1.807, 2.05) is 19.2 Å². The zero-order chi connectivity index (χ0) is 58.1. The molecule has 2 aromatic carbocycles. The first-order valence-electron chi connectivity index (χ1n) is 32.8. The van der Waals surface area contributed by atoms with Crippen LogP contribution in [0, 0.1) is 105 Å². The van der Waals surface area contributed by atoms with Crippen molar-refractivity contribution in [3.05, 3.63) is 65.8 Å². The Balaban J connectivity index is 0.996. The fourth-order valence-corrected chi connectivity index (χ4v) is 21.4. The number of fused-ring (bicyclic) bond motifs is 13. The molecule has 3 spiro atoms. The SMILES string of the molecule is CC[C@@H]1CC[C@H]2[C@H](C1)[C@H]1/C=C/C(=O)[C@@]3(Cc4ccc(O)c(OC)c4)CCC[C@@H]3CC#CNC(=NC)Nc3cc(cc4c3OC#CC[C@H]3C[C@](CNC)(C[C@]35C=C[C@H]3C[C@H]6CC[C@H](CO)[C@H]6O[C@]3(O)C5)O4)[C@@]13CCC1(CCCC1)[C@H]3[C@H]2CCCO. The Bertz CT molecular complexity index is 3040. The number of phenolic OH excluding ortho intramolecular Hbond substituents is 1. The number of nitrogens with one attached hydrogen (secondary N) is 3. The van der Waals surface area contributed by atoms with Gasteiger partial charge >= 0.3 is 0 Å². The van der Waals surface area contributed by atoms with E-state index < -0.39 is 27.6 Å². The zero-order valence-electron chi connectivity index (χ0n) is 50.5. The van der Waals surface area contributed by atoms with Crippen LogP contribution in [-0.2, 0) is 21.4 Å². The summed E-state index contributed by atoms with van der Waals surface area (Å²) in [5.74, 6) is 10.1. The van der Waals surface area contributed by atoms with Crippen molar-refractivity contribution < 1.29 is 44.2 Å². The van der Waals surface area contributed by atoms with Gasteiger partial charge in [0.2, 0.25) is 11.7 Å². The molecule has 4 bridgehead atoms. The van der Waals surface area contributed by atoms with Crippen molar-refractivity contribution in [2.75, 3.05) is 46.3 Å². The van der Waals surface area contributed by atoms with Crippen LogP contribution in [-0.4, -0.2) is 90.6 Å². The number of ether oxygens (including phenoxy) is 4. The zero-order valence-corrected chi connectivity index (χ0v) is 50.5. The summed E-state index contributed by atoms with van der Waals surface area (Å²) < 4.78 is 27.3. The number of methoxy groups -OCH3 is 1. The number of likely N-dealkylation sites (N-methyl/N-ethyl adjacent to an activating group) is 1. The highest BCUT2D eigenvalue weighted by Gasteiger charge is 2.69. The summed E-state index contributed by atoms with van der Waals surface area (Å²) in [6.07, 6.45) is 34.0. The molecule has 7 saturated carbocycles. The normalized spacial score (nSPS) is 41.3. The minimum Gasteiger partial charge on any atom is -0.504 e. The Kier molecular flexibility index (Phi) is 15.8. The number of aliphatic hydroxyl groups is 3. The summed E-state index contributed by atoms with van der Waals surface area (Å²) in [6.45, 7) is 3.14. The molecule has 13 nitrogen and oxygen atoms in total. The molecule has 7 N–H and O–H groups in total. The van der Waals surface area contributed by atoms with E-state index in [0.717, 1.165) is 89.0 Å². The molecule has 0 amide bonds. The van der Waals surface area contributed by atoms with E-state index in [-0.39, 0.29) is 71.8 Å². The smallest absolute Gasteiger partial charge is 0.207 e. The van der Waals surface area contributed by atoms with Crippen molar-refractivity contribution in [3.8, 4) is 47.0 Å². The lowest BCUT2D eigenvalue weighted by atomic mass is 9.42. The Labute approximate surface area is 499 Å². The van der Waals surface area contributed by atoms with Crippen molar-refractivity contribution in [3.63, 3.8) is 0 Å². The van der Waals surface area contributed by atoms with Crippen LogP contribution in [0.4, 0.5) is 5.69 Å². The molecule has 2 aromatic rings. The van der Waals surface area contributed by atoms with Gasteiger partial charge in [0.25, 0.3) is 0 Å². The summed E-state index contributed by atoms with van der Waals surface area (Å²) in [4.78, 5) is 20.9. The third-order valence-corrected chi connectivity index (χ3v) is 24.8. The number of ketones is 1. The number of carbonyl (C=O) groups is 1. The fourth-order valence-electron chi connectivity index (χ4n) is 21.4.